The third-order valence-corrected chi connectivity index (χ3v) is 4.69. The van der Waals surface area contributed by atoms with Crippen molar-refractivity contribution in [2.45, 2.75) is 26.8 Å². The molecule has 27 heavy (non-hydrogen) atoms. The molecule has 2 aromatic heterocycles. The first-order chi connectivity index (χ1) is 12.8. The largest absolute Gasteiger partial charge is 0.352 e. The first-order valence-corrected chi connectivity index (χ1v) is 9.56. The monoisotopic (exact) mass is 453 g/mol. The smallest absolute Gasteiger partial charge is 0.252 e. The van der Waals surface area contributed by atoms with Gasteiger partial charge in [0, 0.05) is 12.6 Å². The van der Waals surface area contributed by atoms with Crippen molar-refractivity contribution in [3.63, 3.8) is 0 Å². The van der Waals surface area contributed by atoms with Crippen LogP contribution in [0.1, 0.15) is 37.2 Å². The first-order valence-electron chi connectivity index (χ1n) is 8.39. The van der Waals surface area contributed by atoms with Crippen LogP contribution in [-0.2, 0) is 0 Å². The molecule has 0 unspecified atom stereocenters. The van der Waals surface area contributed by atoms with E-state index in [4.69, 9.17) is 11.6 Å². The molecule has 0 saturated carbocycles. The van der Waals surface area contributed by atoms with Crippen LogP contribution >= 0.6 is 27.5 Å². The predicted octanol–water partition coefficient (Wildman–Crippen LogP) is 5.06. The van der Waals surface area contributed by atoms with Gasteiger partial charge in [0.15, 0.2) is 5.82 Å². The number of nitrogens with one attached hydrogen (secondary N) is 2. The van der Waals surface area contributed by atoms with E-state index in [-0.39, 0.29) is 28.2 Å². The average Bonchev–Trinajstić information content (AvgIpc) is 3.01. The maximum Gasteiger partial charge on any atom is 0.252 e. The number of halogens is 3. The van der Waals surface area contributed by atoms with Crippen LogP contribution in [0.5, 0.6) is 0 Å². The summed E-state index contributed by atoms with van der Waals surface area (Å²) in [6.07, 6.45) is 1.72. The fourth-order valence-electron chi connectivity index (χ4n) is 2.71. The van der Waals surface area contributed by atoms with Gasteiger partial charge in [-0.05, 0) is 54.9 Å². The number of hydrogen-bond donors (Lipinski definition) is 2. The van der Waals surface area contributed by atoms with Crippen molar-refractivity contribution >= 4 is 56.0 Å². The van der Waals surface area contributed by atoms with Gasteiger partial charge in [-0.25, -0.2) is 14.4 Å². The Morgan fingerprint density at radius 3 is 2.78 bits per heavy atom. The highest BCUT2D eigenvalue weighted by Crippen LogP contribution is 2.31. The lowest BCUT2D eigenvalue weighted by atomic mass is 10.1. The fraction of sp³-hybridized carbons (Fsp3) is 0.278. The van der Waals surface area contributed by atoms with Gasteiger partial charge < -0.3 is 15.2 Å². The van der Waals surface area contributed by atoms with Gasteiger partial charge in [0.05, 0.1) is 28.1 Å². The summed E-state index contributed by atoms with van der Waals surface area (Å²) >= 11 is 9.39. The molecule has 9 heteroatoms. The Labute approximate surface area is 169 Å². The number of carbonyl (C=O) groups excluding carboxylic acids is 1. The lowest BCUT2D eigenvalue weighted by Gasteiger charge is -2.14. The zero-order valence-corrected chi connectivity index (χ0v) is 17.3. The number of carbonyl (C=O) groups is 1. The van der Waals surface area contributed by atoms with Crippen LogP contribution in [0, 0.1) is 5.82 Å². The second-order valence-electron chi connectivity index (χ2n) is 6.20. The Morgan fingerprint density at radius 1 is 1.37 bits per heavy atom. The number of pyridine rings is 1. The van der Waals surface area contributed by atoms with E-state index in [0.29, 0.717) is 22.5 Å². The average molecular weight is 455 g/mol. The maximum atomic E-state index is 14.5. The molecule has 142 valence electrons. The molecule has 0 aliphatic heterocycles. The van der Waals surface area contributed by atoms with Crippen molar-refractivity contribution < 1.29 is 9.18 Å². The van der Waals surface area contributed by atoms with Crippen molar-refractivity contribution in [2.24, 2.45) is 0 Å². The molecule has 0 radical (unpaired) electrons. The minimum Gasteiger partial charge on any atom is -0.352 e. The second-order valence-corrected chi connectivity index (χ2v) is 7.42. The number of benzene rings is 1. The second kappa shape index (κ2) is 7.82. The van der Waals surface area contributed by atoms with E-state index in [9.17, 15) is 9.18 Å². The molecule has 0 spiro atoms. The molecule has 1 aromatic carbocycles. The van der Waals surface area contributed by atoms with Crippen LogP contribution < -0.4 is 10.6 Å². The van der Waals surface area contributed by atoms with Gasteiger partial charge in [0.25, 0.3) is 5.91 Å². The van der Waals surface area contributed by atoms with Gasteiger partial charge in [-0.2, -0.15) is 0 Å². The molecule has 0 aliphatic carbocycles. The van der Waals surface area contributed by atoms with E-state index in [1.807, 2.05) is 18.4 Å². The van der Waals surface area contributed by atoms with E-state index in [1.165, 1.54) is 6.07 Å². The summed E-state index contributed by atoms with van der Waals surface area (Å²) in [7, 11) is 0. The van der Waals surface area contributed by atoms with E-state index in [1.54, 1.807) is 19.3 Å². The van der Waals surface area contributed by atoms with Crippen LogP contribution in [0.15, 0.2) is 29.1 Å². The third kappa shape index (κ3) is 3.91. The van der Waals surface area contributed by atoms with E-state index in [0.717, 1.165) is 11.6 Å². The molecule has 2 N–H and O–H groups in total. The highest BCUT2D eigenvalue weighted by Gasteiger charge is 2.18. The fourth-order valence-corrected chi connectivity index (χ4v) is 3.34. The molecule has 0 atom stereocenters. The number of imidazole rings is 1. The quantitative estimate of drug-likeness (QED) is 0.529. The number of rotatable bonds is 5. The lowest BCUT2D eigenvalue weighted by Crippen LogP contribution is -2.23. The third-order valence-electron chi connectivity index (χ3n) is 3.97. The van der Waals surface area contributed by atoms with Crippen LogP contribution in [0.3, 0.4) is 0 Å². The lowest BCUT2D eigenvalue weighted by molar-refractivity contribution is 0.0956. The first kappa shape index (κ1) is 19.6. The van der Waals surface area contributed by atoms with E-state index >= 15 is 0 Å². The molecule has 2 heterocycles. The normalized spacial score (nSPS) is 11.2. The van der Waals surface area contributed by atoms with Gasteiger partial charge in [0.1, 0.15) is 15.9 Å². The summed E-state index contributed by atoms with van der Waals surface area (Å²) < 4.78 is 17.0. The molecule has 3 aromatic rings. The van der Waals surface area contributed by atoms with Crippen LogP contribution in [0.4, 0.5) is 15.9 Å². The molecular weight excluding hydrogens is 437 g/mol. The number of hydrogen-bond acceptors (Lipinski definition) is 4. The molecular formula is C18H18BrClFN5O. The Morgan fingerprint density at radius 2 is 2.11 bits per heavy atom. The summed E-state index contributed by atoms with van der Waals surface area (Å²) in [6.45, 7) is 6.27. The number of anilines is 2. The molecule has 1 amide bonds. The van der Waals surface area contributed by atoms with Gasteiger partial charge in [-0.1, -0.05) is 11.6 Å². The van der Waals surface area contributed by atoms with Crippen LogP contribution in [0.2, 0.25) is 5.02 Å². The zero-order valence-electron chi connectivity index (χ0n) is 15.0. The van der Waals surface area contributed by atoms with Gasteiger partial charge in [-0.3, -0.25) is 4.79 Å². The van der Waals surface area contributed by atoms with Gasteiger partial charge >= 0.3 is 0 Å². The van der Waals surface area contributed by atoms with Crippen LogP contribution in [0.25, 0.3) is 11.0 Å². The van der Waals surface area contributed by atoms with Crippen molar-refractivity contribution in [3.8, 4) is 0 Å². The molecule has 6 nitrogen and oxygen atoms in total. The molecule has 3 rings (SSSR count). The van der Waals surface area contributed by atoms with Crippen LogP contribution in [-0.4, -0.2) is 27.0 Å². The van der Waals surface area contributed by atoms with Gasteiger partial charge in [0.2, 0.25) is 0 Å². The molecule has 0 fully saturated rings. The molecule has 0 bridgehead atoms. The SMILES string of the molecule is CCNC(=O)c1cc(Nc2nc(Br)cc3ncn(C(C)C)c23)c(F)cc1Cl. The van der Waals surface area contributed by atoms with E-state index < -0.39 is 5.82 Å². The highest BCUT2D eigenvalue weighted by atomic mass is 79.9. The molecule has 0 aliphatic rings. The molecule has 0 saturated heterocycles. The number of nitrogens with zero attached hydrogens (tertiary/aromatic N) is 3. The Bertz CT molecular complexity index is 1020. The highest BCUT2D eigenvalue weighted by molar-refractivity contribution is 9.10. The van der Waals surface area contributed by atoms with Crippen molar-refractivity contribution in [3.05, 3.63) is 45.5 Å². The summed E-state index contributed by atoms with van der Waals surface area (Å²) in [5, 5.41) is 5.69. The minimum atomic E-state index is -0.585. The maximum absolute atomic E-state index is 14.5. The summed E-state index contributed by atoms with van der Waals surface area (Å²) in [5.41, 5.74) is 1.74. The van der Waals surface area contributed by atoms with Crippen molar-refractivity contribution in [2.75, 3.05) is 11.9 Å². The van der Waals surface area contributed by atoms with Crippen molar-refractivity contribution in [1.82, 2.24) is 19.9 Å². The van der Waals surface area contributed by atoms with Gasteiger partial charge in [-0.15, -0.1) is 0 Å². The zero-order chi connectivity index (χ0) is 19.7. The Hall–Kier alpha value is -2.19. The number of amides is 1. The minimum absolute atomic E-state index is 0.0450. The number of fused-ring (bicyclic) bond motifs is 1. The number of aromatic nitrogens is 3. The predicted molar refractivity (Wildman–Crippen MR) is 108 cm³/mol. The topological polar surface area (TPSA) is 71.8 Å². The van der Waals surface area contributed by atoms with Crippen molar-refractivity contribution in [1.29, 1.82) is 0 Å². The summed E-state index contributed by atoms with van der Waals surface area (Å²) in [5.74, 6) is -0.530. The standard InChI is InChI=1S/C18H18BrClFN5O/c1-4-22-18(27)10-5-13(12(21)6-11(10)20)24-17-16-14(7-15(19)25-17)23-8-26(16)9(2)3/h5-9H,4H2,1-3H3,(H,22,27)(H,24,25). The Balaban J connectivity index is 2.11. The Kier molecular flexibility index (Phi) is 5.67. The summed E-state index contributed by atoms with van der Waals surface area (Å²) in [4.78, 5) is 21.0. The van der Waals surface area contributed by atoms with E-state index in [2.05, 4.69) is 36.5 Å². The summed E-state index contributed by atoms with van der Waals surface area (Å²) in [6, 6.07) is 4.42.